The van der Waals surface area contributed by atoms with Crippen LogP contribution in [0, 0.1) is 15.9 Å². The lowest BCUT2D eigenvalue weighted by molar-refractivity contribution is -0.384. The highest BCUT2D eigenvalue weighted by molar-refractivity contribution is 6.20. The number of nitro benzene ring substituents is 1. The van der Waals surface area contributed by atoms with Crippen LogP contribution < -0.4 is 4.90 Å². The highest BCUT2D eigenvalue weighted by atomic mass is 19.1. The number of nitrogens with zero attached hydrogens (tertiary/aromatic N) is 2. The molecule has 2 aromatic rings. The molecule has 0 atom stereocenters. The highest BCUT2D eigenvalue weighted by Crippen LogP contribution is 2.23. The third kappa shape index (κ3) is 2.98. The van der Waals surface area contributed by atoms with E-state index in [0.717, 1.165) is 19.1 Å². The van der Waals surface area contributed by atoms with Gasteiger partial charge in [-0.3, -0.25) is 19.7 Å². The molecule has 0 radical (unpaired) electrons. The van der Waals surface area contributed by atoms with Crippen LogP contribution in [0.15, 0.2) is 48.5 Å². The van der Waals surface area contributed by atoms with E-state index in [2.05, 4.69) is 0 Å². The van der Waals surface area contributed by atoms with Crippen molar-refractivity contribution >= 4 is 23.2 Å². The number of amides is 2. The van der Waals surface area contributed by atoms with Crippen LogP contribution in [0.25, 0.3) is 0 Å². The summed E-state index contributed by atoms with van der Waals surface area (Å²) in [5, 5.41) is 10.8. The van der Waals surface area contributed by atoms with Gasteiger partial charge in [0.1, 0.15) is 5.82 Å². The molecular formula is C15H11FN2O4. The summed E-state index contributed by atoms with van der Waals surface area (Å²) in [7, 11) is 0. The fraction of sp³-hybridized carbons (Fsp3) is 0.0667. The quantitative estimate of drug-likeness (QED) is 0.645. The maximum absolute atomic E-state index is 13.7. The predicted octanol–water partition coefficient (Wildman–Crippen LogP) is 2.93. The Hall–Kier alpha value is -3.09. The number of nitro groups is 1. The molecule has 0 saturated carbocycles. The highest BCUT2D eigenvalue weighted by Gasteiger charge is 2.25. The normalized spacial score (nSPS) is 10.1. The van der Waals surface area contributed by atoms with Gasteiger partial charge >= 0.3 is 0 Å². The Morgan fingerprint density at radius 2 is 1.82 bits per heavy atom. The van der Waals surface area contributed by atoms with Crippen LogP contribution in [0.1, 0.15) is 17.3 Å². The van der Waals surface area contributed by atoms with Crippen molar-refractivity contribution in [3.63, 3.8) is 0 Å². The third-order valence-corrected chi connectivity index (χ3v) is 2.92. The topological polar surface area (TPSA) is 80.5 Å². The largest absolute Gasteiger partial charge is 0.274 e. The van der Waals surface area contributed by atoms with Crippen LogP contribution in [0.2, 0.25) is 0 Å². The maximum Gasteiger partial charge on any atom is 0.271 e. The molecule has 22 heavy (non-hydrogen) atoms. The Morgan fingerprint density at radius 1 is 1.14 bits per heavy atom. The SMILES string of the molecule is CC(=O)N(C(=O)c1ccccc1F)c1cccc([N+](=O)[O-])c1. The van der Waals surface area contributed by atoms with Crippen molar-refractivity contribution in [3.05, 3.63) is 70.0 Å². The van der Waals surface area contributed by atoms with Gasteiger partial charge < -0.3 is 0 Å². The summed E-state index contributed by atoms with van der Waals surface area (Å²) in [4.78, 5) is 35.0. The summed E-state index contributed by atoms with van der Waals surface area (Å²) in [5.41, 5.74) is -0.552. The Labute approximate surface area is 124 Å². The molecule has 0 fully saturated rings. The summed E-state index contributed by atoms with van der Waals surface area (Å²) in [6.45, 7) is 1.12. The molecule has 7 heteroatoms. The van der Waals surface area contributed by atoms with E-state index < -0.39 is 22.6 Å². The number of imide groups is 1. The Bertz CT molecular complexity index is 761. The van der Waals surface area contributed by atoms with E-state index in [1.807, 2.05) is 0 Å². The molecule has 0 N–H and O–H groups in total. The monoisotopic (exact) mass is 302 g/mol. The van der Waals surface area contributed by atoms with Gasteiger partial charge in [-0.1, -0.05) is 18.2 Å². The molecule has 112 valence electrons. The summed E-state index contributed by atoms with van der Waals surface area (Å²) < 4.78 is 13.7. The van der Waals surface area contributed by atoms with Gasteiger partial charge in [0.05, 0.1) is 16.2 Å². The molecule has 0 unspecified atom stereocenters. The first-order valence-corrected chi connectivity index (χ1v) is 6.26. The van der Waals surface area contributed by atoms with Gasteiger partial charge in [-0.15, -0.1) is 0 Å². The maximum atomic E-state index is 13.7. The van der Waals surface area contributed by atoms with E-state index in [-0.39, 0.29) is 16.9 Å². The van der Waals surface area contributed by atoms with E-state index >= 15 is 0 Å². The molecule has 0 aromatic heterocycles. The average Bonchev–Trinajstić information content (AvgIpc) is 2.47. The number of hydrogen-bond acceptors (Lipinski definition) is 4. The number of carbonyl (C=O) groups is 2. The van der Waals surface area contributed by atoms with E-state index in [4.69, 9.17) is 0 Å². The molecule has 0 aliphatic heterocycles. The van der Waals surface area contributed by atoms with Gasteiger partial charge in [0.15, 0.2) is 0 Å². The summed E-state index contributed by atoms with van der Waals surface area (Å²) in [6.07, 6.45) is 0. The molecule has 0 aliphatic rings. The van der Waals surface area contributed by atoms with Crippen LogP contribution in [-0.2, 0) is 4.79 Å². The Balaban J connectivity index is 2.50. The molecule has 0 aliphatic carbocycles. The van der Waals surface area contributed by atoms with Crippen molar-refractivity contribution in [2.24, 2.45) is 0 Å². The second kappa shape index (κ2) is 6.13. The Morgan fingerprint density at radius 3 is 2.41 bits per heavy atom. The average molecular weight is 302 g/mol. The van der Waals surface area contributed by atoms with Crippen LogP contribution in [-0.4, -0.2) is 16.7 Å². The van der Waals surface area contributed by atoms with Crippen LogP contribution in [0.3, 0.4) is 0 Å². The summed E-state index contributed by atoms with van der Waals surface area (Å²) in [6, 6.07) is 10.2. The first kappa shape index (κ1) is 15.3. The number of benzene rings is 2. The lowest BCUT2D eigenvalue weighted by Crippen LogP contribution is -2.35. The molecule has 2 rings (SSSR count). The standard InChI is InChI=1S/C15H11FN2O4/c1-10(19)17(11-5-4-6-12(9-11)18(21)22)15(20)13-7-2-3-8-14(13)16/h2-9H,1H3. The van der Waals surface area contributed by atoms with Crippen molar-refractivity contribution in [2.45, 2.75) is 6.92 Å². The number of halogens is 1. The van der Waals surface area contributed by atoms with Crippen molar-refractivity contribution in [1.82, 2.24) is 0 Å². The molecule has 0 spiro atoms. The third-order valence-electron chi connectivity index (χ3n) is 2.92. The van der Waals surface area contributed by atoms with E-state index in [0.29, 0.717) is 4.90 Å². The number of carbonyl (C=O) groups excluding carboxylic acids is 2. The minimum Gasteiger partial charge on any atom is -0.274 e. The van der Waals surface area contributed by atoms with Gasteiger partial charge in [-0.25, -0.2) is 9.29 Å². The van der Waals surface area contributed by atoms with E-state index in [9.17, 15) is 24.1 Å². The minimum absolute atomic E-state index is 0.00922. The van der Waals surface area contributed by atoms with Gasteiger partial charge in [0.2, 0.25) is 5.91 Å². The summed E-state index contributed by atoms with van der Waals surface area (Å²) >= 11 is 0. The van der Waals surface area contributed by atoms with Crippen LogP contribution in [0.5, 0.6) is 0 Å². The molecular weight excluding hydrogens is 291 g/mol. The lowest BCUT2D eigenvalue weighted by atomic mass is 10.1. The zero-order valence-corrected chi connectivity index (χ0v) is 11.5. The van der Waals surface area contributed by atoms with Crippen molar-refractivity contribution in [3.8, 4) is 0 Å². The summed E-state index contributed by atoms with van der Waals surface area (Å²) in [5.74, 6) is -2.33. The zero-order valence-electron chi connectivity index (χ0n) is 11.5. The fourth-order valence-electron chi connectivity index (χ4n) is 1.94. The number of hydrogen-bond donors (Lipinski definition) is 0. The smallest absolute Gasteiger partial charge is 0.271 e. The van der Waals surface area contributed by atoms with E-state index in [1.165, 1.54) is 36.4 Å². The first-order chi connectivity index (χ1) is 10.4. The molecule has 0 bridgehead atoms. The number of rotatable bonds is 3. The van der Waals surface area contributed by atoms with E-state index in [1.54, 1.807) is 0 Å². The number of non-ortho nitro benzene ring substituents is 1. The molecule has 6 nitrogen and oxygen atoms in total. The molecule has 2 aromatic carbocycles. The van der Waals surface area contributed by atoms with Gasteiger partial charge in [-0.2, -0.15) is 0 Å². The van der Waals surface area contributed by atoms with Crippen LogP contribution >= 0.6 is 0 Å². The van der Waals surface area contributed by atoms with Gasteiger partial charge in [0, 0.05) is 19.1 Å². The molecule has 0 saturated heterocycles. The van der Waals surface area contributed by atoms with Crippen LogP contribution in [0.4, 0.5) is 15.8 Å². The second-order valence-corrected chi connectivity index (χ2v) is 4.42. The van der Waals surface area contributed by atoms with Crippen molar-refractivity contribution < 1.29 is 18.9 Å². The predicted molar refractivity (Wildman–Crippen MR) is 77.0 cm³/mol. The number of anilines is 1. The first-order valence-electron chi connectivity index (χ1n) is 6.26. The molecule has 2 amide bonds. The minimum atomic E-state index is -0.883. The van der Waals surface area contributed by atoms with Crippen molar-refractivity contribution in [2.75, 3.05) is 4.90 Å². The second-order valence-electron chi connectivity index (χ2n) is 4.42. The zero-order chi connectivity index (χ0) is 16.3. The Kier molecular flexibility index (Phi) is 4.26. The molecule has 0 heterocycles. The fourth-order valence-corrected chi connectivity index (χ4v) is 1.94. The van der Waals surface area contributed by atoms with Crippen molar-refractivity contribution in [1.29, 1.82) is 0 Å². The lowest BCUT2D eigenvalue weighted by Gasteiger charge is -2.19. The van der Waals surface area contributed by atoms with Gasteiger partial charge in [-0.05, 0) is 18.2 Å². The van der Waals surface area contributed by atoms with Gasteiger partial charge in [0.25, 0.3) is 11.6 Å².